The Balaban J connectivity index is 1.88. The minimum atomic E-state index is -0.127. The van der Waals surface area contributed by atoms with Crippen LogP contribution >= 0.6 is 0 Å². The van der Waals surface area contributed by atoms with E-state index in [0.29, 0.717) is 0 Å². The van der Waals surface area contributed by atoms with Crippen LogP contribution in [0.25, 0.3) is 0 Å². The van der Waals surface area contributed by atoms with Gasteiger partial charge in [-0.05, 0) is 26.0 Å². The summed E-state index contributed by atoms with van der Waals surface area (Å²) in [7, 11) is 0. The van der Waals surface area contributed by atoms with Gasteiger partial charge in [0.1, 0.15) is 6.54 Å². The van der Waals surface area contributed by atoms with Crippen molar-refractivity contribution >= 4 is 11.6 Å². The number of nitrogens with zero attached hydrogens (tertiary/aromatic N) is 1. The van der Waals surface area contributed by atoms with Gasteiger partial charge >= 0.3 is 0 Å². The zero-order valence-electron chi connectivity index (χ0n) is 13.3. The zero-order chi connectivity index (χ0) is 15.2. The molecule has 116 valence electrons. The molecule has 0 saturated carbocycles. The van der Waals surface area contributed by atoms with Crippen LogP contribution in [-0.4, -0.2) is 32.1 Å². The Morgan fingerprint density at radius 3 is 2.24 bits per heavy atom. The summed E-state index contributed by atoms with van der Waals surface area (Å²) in [4.78, 5) is 15.1. The quantitative estimate of drug-likeness (QED) is 0.815. The maximum absolute atomic E-state index is 11.2. The van der Waals surface area contributed by atoms with Crippen LogP contribution in [0.15, 0.2) is 24.3 Å². The van der Waals surface area contributed by atoms with E-state index in [-0.39, 0.29) is 11.8 Å². The number of carbonyl (C=O) groups is 1. The molecule has 0 unspecified atom stereocenters. The van der Waals surface area contributed by atoms with Gasteiger partial charge in [-0.2, -0.15) is 0 Å². The second kappa shape index (κ2) is 7.46. The molecule has 4 heteroatoms. The number of benzene rings is 1. The molecule has 21 heavy (non-hydrogen) atoms. The Hall–Kier alpha value is -1.55. The van der Waals surface area contributed by atoms with Gasteiger partial charge in [-0.25, -0.2) is 0 Å². The van der Waals surface area contributed by atoms with E-state index in [1.807, 2.05) is 0 Å². The fourth-order valence-corrected chi connectivity index (χ4v) is 3.19. The van der Waals surface area contributed by atoms with Crippen molar-refractivity contribution in [1.29, 1.82) is 0 Å². The van der Waals surface area contributed by atoms with Gasteiger partial charge < -0.3 is 15.5 Å². The molecule has 1 fully saturated rings. The number of piperidine rings is 1. The lowest BCUT2D eigenvalue weighted by Crippen LogP contribution is -3.11. The summed E-state index contributed by atoms with van der Waals surface area (Å²) in [6.45, 7) is 9.60. The number of rotatable bonds is 6. The van der Waals surface area contributed by atoms with Crippen LogP contribution in [0.5, 0.6) is 0 Å². The summed E-state index contributed by atoms with van der Waals surface area (Å²) in [6, 6.07) is 8.91. The van der Waals surface area contributed by atoms with Gasteiger partial charge in [-0.3, -0.25) is 4.79 Å². The number of amides is 1. The molecular weight excluding hydrogens is 262 g/mol. The Kier molecular flexibility index (Phi) is 5.62. The minimum absolute atomic E-state index is 0.0961. The number of carbonyl (C=O) groups excluding carboxylic acids is 1. The van der Waals surface area contributed by atoms with E-state index in [2.05, 4.69) is 43.0 Å². The van der Waals surface area contributed by atoms with E-state index in [9.17, 15) is 4.79 Å². The number of hydrogen-bond acceptors (Lipinski definition) is 2. The topological polar surface area (TPSA) is 50.8 Å². The highest BCUT2D eigenvalue weighted by atomic mass is 16.1. The van der Waals surface area contributed by atoms with Crippen LogP contribution in [0.4, 0.5) is 5.69 Å². The van der Waals surface area contributed by atoms with Crippen molar-refractivity contribution < 1.29 is 9.69 Å². The molecule has 0 bridgehead atoms. The van der Waals surface area contributed by atoms with Gasteiger partial charge in [0.25, 0.3) is 0 Å². The molecule has 0 spiro atoms. The molecule has 0 aliphatic carbocycles. The van der Waals surface area contributed by atoms with E-state index in [0.717, 1.165) is 45.6 Å². The molecule has 1 aromatic carbocycles. The minimum Gasteiger partial charge on any atom is -0.372 e. The first kappa shape index (κ1) is 15.8. The lowest BCUT2D eigenvalue weighted by molar-refractivity contribution is -0.919. The van der Waals surface area contributed by atoms with Crippen molar-refractivity contribution in [2.75, 3.05) is 31.1 Å². The molecule has 0 radical (unpaired) electrons. The second-order valence-corrected chi connectivity index (χ2v) is 5.94. The normalized spacial score (nSPS) is 22.0. The monoisotopic (exact) mass is 290 g/mol. The summed E-state index contributed by atoms with van der Waals surface area (Å²) in [5, 5.41) is 0. The third-order valence-corrected chi connectivity index (χ3v) is 4.61. The van der Waals surface area contributed by atoms with Crippen LogP contribution < -0.4 is 15.5 Å². The molecule has 0 aromatic heterocycles. The van der Waals surface area contributed by atoms with Crippen molar-refractivity contribution in [3.8, 4) is 0 Å². The number of nitrogens with one attached hydrogen (secondary N) is 1. The molecule has 0 atom stereocenters. The van der Waals surface area contributed by atoms with E-state index < -0.39 is 0 Å². The van der Waals surface area contributed by atoms with Crippen LogP contribution in [0.2, 0.25) is 0 Å². The SMILES string of the molecule is CCN(CC)c1ccc(C[NH+]2CCC(C(N)=O)CC2)cc1. The first-order chi connectivity index (χ1) is 10.1. The summed E-state index contributed by atoms with van der Waals surface area (Å²) >= 11 is 0. The highest BCUT2D eigenvalue weighted by Gasteiger charge is 2.25. The number of hydrogen-bond donors (Lipinski definition) is 2. The van der Waals surface area contributed by atoms with E-state index in [1.54, 1.807) is 4.90 Å². The van der Waals surface area contributed by atoms with Crippen LogP contribution in [0, 0.1) is 5.92 Å². The van der Waals surface area contributed by atoms with Gasteiger partial charge in [0.15, 0.2) is 0 Å². The molecule has 1 aliphatic heterocycles. The lowest BCUT2D eigenvalue weighted by Gasteiger charge is -2.28. The second-order valence-electron chi connectivity index (χ2n) is 5.94. The fourth-order valence-electron chi connectivity index (χ4n) is 3.19. The van der Waals surface area contributed by atoms with E-state index >= 15 is 0 Å². The number of nitrogens with two attached hydrogens (primary N) is 1. The number of likely N-dealkylation sites (tertiary alicyclic amines) is 1. The smallest absolute Gasteiger partial charge is 0.220 e. The van der Waals surface area contributed by atoms with Gasteiger partial charge in [0.2, 0.25) is 5.91 Å². The van der Waals surface area contributed by atoms with Crippen molar-refractivity contribution in [1.82, 2.24) is 0 Å². The number of anilines is 1. The van der Waals surface area contributed by atoms with Crippen LogP contribution in [0.1, 0.15) is 32.3 Å². The Morgan fingerprint density at radius 1 is 1.19 bits per heavy atom. The van der Waals surface area contributed by atoms with Gasteiger partial charge in [-0.15, -0.1) is 0 Å². The van der Waals surface area contributed by atoms with Gasteiger partial charge in [-0.1, -0.05) is 12.1 Å². The molecular formula is C17H28N3O+. The molecule has 1 aromatic rings. The average molecular weight is 290 g/mol. The Labute approximate surface area is 127 Å². The van der Waals surface area contributed by atoms with Crippen LogP contribution in [-0.2, 0) is 11.3 Å². The van der Waals surface area contributed by atoms with Gasteiger partial charge in [0, 0.05) is 43.1 Å². The molecule has 1 amide bonds. The van der Waals surface area contributed by atoms with Crippen molar-refractivity contribution in [2.45, 2.75) is 33.2 Å². The van der Waals surface area contributed by atoms with Crippen molar-refractivity contribution in [2.24, 2.45) is 11.7 Å². The standard InChI is InChI=1S/C17H27N3O/c1-3-20(4-2)16-7-5-14(6-8-16)13-19-11-9-15(10-12-19)17(18)21/h5-8,15H,3-4,9-13H2,1-2H3,(H2,18,21)/p+1. The predicted octanol–water partition coefficient (Wildman–Crippen LogP) is 0.813. The highest BCUT2D eigenvalue weighted by Crippen LogP contribution is 2.15. The summed E-state index contributed by atoms with van der Waals surface area (Å²) in [5.74, 6) is -0.0311. The van der Waals surface area contributed by atoms with Gasteiger partial charge in [0.05, 0.1) is 13.1 Å². The molecule has 4 nitrogen and oxygen atoms in total. The first-order valence-corrected chi connectivity index (χ1v) is 8.10. The summed E-state index contributed by atoms with van der Waals surface area (Å²) in [6.07, 6.45) is 1.87. The maximum atomic E-state index is 11.2. The number of quaternary nitrogens is 1. The van der Waals surface area contributed by atoms with Crippen LogP contribution in [0.3, 0.4) is 0 Å². The zero-order valence-corrected chi connectivity index (χ0v) is 13.3. The van der Waals surface area contributed by atoms with Crippen molar-refractivity contribution in [3.63, 3.8) is 0 Å². The first-order valence-electron chi connectivity index (χ1n) is 8.10. The predicted molar refractivity (Wildman–Crippen MR) is 86.3 cm³/mol. The third-order valence-electron chi connectivity index (χ3n) is 4.61. The molecule has 1 heterocycles. The Bertz CT molecular complexity index is 446. The number of primary amides is 1. The molecule has 1 saturated heterocycles. The third kappa shape index (κ3) is 4.21. The maximum Gasteiger partial charge on any atom is 0.220 e. The van der Waals surface area contributed by atoms with E-state index in [4.69, 9.17) is 5.73 Å². The molecule has 1 aliphatic rings. The summed E-state index contributed by atoms with van der Waals surface area (Å²) in [5.41, 5.74) is 8.05. The fraction of sp³-hybridized carbons (Fsp3) is 0.588. The average Bonchev–Trinajstić information content (AvgIpc) is 2.51. The van der Waals surface area contributed by atoms with E-state index in [1.165, 1.54) is 11.3 Å². The van der Waals surface area contributed by atoms with Crippen molar-refractivity contribution in [3.05, 3.63) is 29.8 Å². The largest absolute Gasteiger partial charge is 0.372 e. The highest BCUT2D eigenvalue weighted by molar-refractivity contribution is 5.76. The lowest BCUT2D eigenvalue weighted by atomic mass is 9.96. The Morgan fingerprint density at radius 2 is 1.76 bits per heavy atom. The summed E-state index contributed by atoms with van der Waals surface area (Å²) < 4.78 is 0. The molecule has 2 rings (SSSR count). The molecule has 3 N–H and O–H groups in total.